The van der Waals surface area contributed by atoms with Gasteiger partial charge in [-0.3, -0.25) is 0 Å². The van der Waals surface area contributed by atoms with Crippen LogP contribution in [0.5, 0.6) is 0 Å². The van der Waals surface area contributed by atoms with E-state index in [0.717, 1.165) is 18.0 Å². The maximum Gasteiger partial charge on any atom is 0.0633 e. The van der Waals surface area contributed by atoms with Gasteiger partial charge in [-0.05, 0) is 24.5 Å². The molecule has 0 aliphatic heterocycles. The van der Waals surface area contributed by atoms with Gasteiger partial charge in [-0.25, -0.2) is 0 Å². The van der Waals surface area contributed by atoms with Gasteiger partial charge < -0.3 is 0 Å². The van der Waals surface area contributed by atoms with Crippen LogP contribution < -0.4 is 0 Å². The average Bonchev–Trinajstić information content (AvgIpc) is 2.21. The highest BCUT2D eigenvalue weighted by atomic mass is 15.1. The zero-order valence-corrected chi connectivity index (χ0v) is 7.95. The molecule has 0 unspecified atom stereocenters. The fourth-order valence-corrected chi connectivity index (χ4v) is 2.13. The van der Waals surface area contributed by atoms with Gasteiger partial charge in [-0.2, -0.15) is 10.2 Å². The van der Waals surface area contributed by atoms with Gasteiger partial charge in [0, 0.05) is 6.20 Å². The SMILES string of the molecule is c1cnnc(CC2CCCCC2)c1. The Morgan fingerprint density at radius 1 is 1.23 bits per heavy atom. The van der Waals surface area contributed by atoms with Gasteiger partial charge in [0.25, 0.3) is 0 Å². The summed E-state index contributed by atoms with van der Waals surface area (Å²) < 4.78 is 0. The Hall–Kier alpha value is -0.920. The fourth-order valence-electron chi connectivity index (χ4n) is 2.13. The Kier molecular flexibility index (Phi) is 2.90. The zero-order valence-electron chi connectivity index (χ0n) is 7.95. The van der Waals surface area contributed by atoms with Crippen molar-refractivity contribution >= 4 is 0 Å². The number of hydrogen-bond acceptors (Lipinski definition) is 2. The highest BCUT2D eigenvalue weighted by Crippen LogP contribution is 2.25. The molecule has 0 saturated heterocycles. The Balaban J connectivity index is 1.90. The highest BCUT2D eigenvalue weighted by Gasteiger charge is 2.14. The molecule has 1 aromatic rings. The number of aromatic nitrogens is 2. The highest BCUT2D eigenvalue weighted by molar-refractivity contribution is 5.00. The molecule has 2 nitrogen and oxygen atoms in total. The van der Waals surface area contributed by atoms with Gasteiger partial charge >= 0.3 is 0 Å². The van der Waals surface area contributed by atoms with Crippen molar-refractivity contribution < 1.29 is 0 Å². The lowest BCUT2D eigenvalue weighted by atomic mass is 9.86. The maximum atomic E-state index is 4.12. The summed E-state index contributed by atoms with van der Waals surface area (Å²) in [5.74, 6) is 0.866. The van der Waals surface area contributed by atoms with Gasteiger partial charge in [0.05, 0.1) is 5.69 Å². The minimum Gasteiger partial charge on any atom is -0.159 e. The molecule has 1 aliphatic rings. The largest absolute Gasteiger partial charge is 0.159 e. The van der Waals surface area contributed by atoms with Crippen LogP contribution in [0.1, 0.15) is 37.8 Å². The van der Waals surface area contributed by atoms with E-state index >= 15 is 0 Å². The van der Waals surface area contributed by atoms with Crippen LogP contribution in [0, 0.1) is 5.92 Å². The predicted molar refractivity (Wildman–Crippen MR) is 52.3 cm³/mol. The molecule has 1 aliphatic carbocycles. The summed E-state index contributed by atoms with van der Waals surface area (Å²) in [4.78, 5) is 0. The van der Waals surface area contributed by atoms with Crippen molar-refractivity contribution in [3.8, 4) is 0 Å². The van der Waals surface area contributed by atoms with E-state index in [2.05, 4.69) is 16.3 Å². The van der Waals surface area contributed by atoms with Crippen molar-refractivity contribution in [3.05, 3.63) is 24.0 Å². The van der Waals surface area contributed by atoms with Crippen LogP contribution in [0.25, 0.3) is 0 Å². The molecule has 70 valence electrons. The summed E-state index contributed by atoms with van der Waals surface area (Å²) >= 11 is 0. The Morgan fingerprint density at radius 3 is 2.77 bits per heavy atom. The van der Waals surface area contributed by atoms with Crippen LogP contribution in [0.3, 0.4) is 0 Å². The number of rotatable bonds is 2. The molecular weight excluding hydrogens is 160 g/mol. The molecule has 0 radical (unpaired) electrons. The van der Waals surface area contributed by atoms with E-state index in [-0.39, 0.29) is 0 Å². The third-order valence-corrected chi connectivity index (χ3v) is 2.85. The first-order chi connectivity index (χ1) is 6.45. The minimum atomic E-state index is 0.866. The quantitative estimate of drug-likeness (QED) is 0.692. The van der Waals surface area contributed by atoms with E-state index in [4.69, 9.17) is 0 Å². The Labute approximate surface area is 79.4 Å². The minimum absolute atomic E-state index is 0.866. The second-order valence-electron chi connectivity index (χ2n) is 3.92. The number of hydrogen-bond donors (Lipinski definition) is 0. The standard InChI is InChI=1S/C11H16N2/c1-2-5-10(6-3-1)9-11-7-4-8-12-13-11/h4,7-8,10H,1-3,5-6,9H2. The molecule has 0 spiro atoms. The number of nitrogens with zero attached hydrogens (tertiary/aromatic N) is 2. The third-order valence-electron chi connectivity index (χ3n) is 2.85. The smallest absolute Gasteiger partial charge is 0.0633 e. The molecule has 1 fully saturated rings. The van der Waals surface area contributed by atoms with Crippen molar-refractivity contribution in [2.75, 3.05) is 0 Å². The molecule has 1 aromatic heterocycles. The summed E-state index contributed by atoms with van der Waals surface area (Å²) in [5, 5.41) is 8.02. The van der Waals surface area contributed by atoms with Crippen LogP contribution >= 0.6 is 0 Å². The van der Waals surface area contributed by atoms with Crippen molar-refractivity contribution in [1.82, 2.24) is 10.2 Å². The first-order valence-corrected chi connectivity index (χ1v) is 5.22. The van der Waals surface area contributed by atoms with Crippen LogP contribution in [0.15, 0.2) is 18.3 Å². The van der Waals surface area contributed by atoms with E-state index < -0.39 is 0 Å². The zero-order chi connectivity index (χ0) is 8.93. The van der Waals surface area contributed by atoms with Gasteiger partial charge in [0.1, 0.15) is 0 Å². The molecule has 2 heteroatoms. The lowest BCUT2D eigenvalue weighted by molar-refractivity contribution is 0.353. The Morgan fingerprint density at radius 2 is 2.08 bits per heavy atom. The van der Waals surface area contributed by atoms with Crippen LogP contribution in [0.4, 0.5) is 0 Å². The van der Waals surface area contributed by atoms with Crippen LogP contribution in [-0.2, 0) is 6.42 Å². The van der Waals surface area contributed by atoms with E-state index in [1.54, 1.807) is 6.20 Å². The summed E-state index contributed by atoms with van der Waals surface area (Å²) in [6.45, 7) is 0. The second-order valence-corrected chi connectivity index (χ2v) is 3.92. The van der Waals surface area contributed by atoms with Crippen molar-refractivity contribution in [2.45, 2.75) is 38.5 Å². The molecule has 1 saturated carbocycles. The Bertz CT molecular complexity index is 240. The first kappa shape index (κ1) is 8.67. The van der Waals surface area contributed by atoms with Gasteiger partial charge in [-0.15, -0.1) is 0 Å². The molecule has 13 heavy (non-hydrogen) atoms. The van der Waals surface area contributed by atoms with Crippen molar-refractivity contribution in [2.24, 2.45) is 5.92 Å². The van der Waals surface area contributed by atoms with E-state index in [9.17, 15) is 0 Å². The van der Waals surface area contributed by atoms with Crippen molar-refractivity contribution in [1.29, 1.82) is 0 Å². The average molecular weight is 176 g/mol. The van der Waals surface area contributed by atoms with E-state index in [0.29, 0.717) is 0 Å². The molecule has 0 atom stereocenters. The lowest BCUT2D eigenvalue weighted by Crippen LogP contribution is -2.10. The second kappa shape index (κ2) is 4.35. The fraction of sp³-hybridized carbons (Fsp3) is 0.636. The van der Waals surface area contributed by atoms with Crippen molar-refractivity contribution in [3.63, 3.8) is 0 Å². The van der Waals surface area contributed by atoms with Crippen LogP contribution in [0.2, 0.25) is 0 Å². The summed E-state index contributed by atoms with van der Waals surface area (Å²) in [5.41, 5.74) is 1.16. The van der Waals surface area contributed by atoms with E-state index in [1.807, 2.05) is 6.07 Å². The molecule has 0 bridgehead atoms. The normalized spacial score (nSPS) is 18.8. The molecule has 0 N–H and O–H groups in total. The summed E-state index contributed by atoms with van der Waals surface area (Å²) in [6, 6.07) is 4.06. The third kappa shape index (κ3) is 2.51. The monoisotopic (exact) mass is 176 g/mol. The summed E-state index contributed by atoms with van der Waals surface area (Å²) in [7, 11) is 0. The maximum absolute atomic E-state index is 4.12. The van der Waals surface area contributed by atoms with Crippen LogP contribution in [-0.4, -0.2) is 10.2 Å². The topological polar surface area (TPSA) is 25.8 Å². The van der Waals surface area contributed by atoms with E-state index in [1.165, 1.54) is 32.1 Å². The molecule has 0 aromatic carbocycles. The predicted octanol–water partition coefficient (Wildman–Crippen LogP) is 2.60. The van der Waals surface area contributed by atoms with Gasteiger partial charge in [0.15, 0.2) is 0 Å². The molecule has 0 amide bonds. The molecule has 2 rings (SSSR count). The molecular formula is C11H16N2. The van der Waals surface area contributed by atoms with Gasteiger partial charge in [-0.1, -0.05) is 32.1 Å². The summed E-state index contributed by atoms with van der Waals surface area (Å²) in [6.07, 6.45) is 9.89. The lowest BCUT2D eigenvalue weighted by Gasteiger charge is -2.20. The molecule has 1 heterocycles. The van der Waals surface area contributed by atoms with Gasteiger partial charge in [0.2, 0.25) is 0 Å². The first-order valence-electron chi connectivity index (χ1n) is 5.22.